The molecule has 3 nitrogen and oxygen atoms in total. The highest BCUT2D eigenvalue weighted by Crippen LogP contribution is 2.26. The van der Waals surface area contributed by atoms with E-state index in [1.54, 1.807) is 0 Å². The summed E-state index contributed by atoms with van der Waals surface area (Å²) in [5.41, 5.74) is 4.43. The van der Waals surface area contributed by atoms with Crippen LogP contribution in [-0.4, -0.2) is 17.0 Å². The molecule has 54 valence electrons. The van der Waals surface area contributed by atoms with Gasteiger partial charge in [-0.1, -0.05) is 13.3 Å². The van der Waals surface area contributed by atoms with Crippen LogP contribution < -0.4 is 5.50 Å². The van der Waals surface area contributed by atoms with Gasteiger partial charge in [-0.2, -0.15) is 0 Å². The number of hydrogen-bond donors (Lipinski definition) is 2. The maximum Gasteiger partial charge on any atom is 0.338 e. The van der Waals surface area contributed by atoms with Gasteiger partial charge in [0.2, 0.25) is 0 Å². The number of nitrogens with two attached hydrogens (primary N) is 1. The van der Waals surface area contributed by atoms with Crippen molar-refractivity contribution in [1.29, 1.82) is 0 Å². The Hall–Kier alpha value is -0.140. The maximum absolute atomic E-state index is 10.1. The van der Waals surface area contributed by atoms with Gasteiger partial charge < -0.3 is 10.6 Å². The molecule has 0 bridgehead atoms. The predicted octanol–water partition coefficient (Wildman–Crippen LogP) is 1.82. The van der Waals surface area contributed by atoms with Gasteiger partial charge >= 0.3 is 5.71 Å². The van der Waals surface area contributed by atoms with Crippen LogP contribution in [0.25, 0.3) is 0 Å². The summed E-state index contributed by atoms with van der Waals surface area (Å²) < 4.78 is 0. The fourth-order valence-electron chi connectivity index (χ4n) is 0.424. The molecular formula is C5H12NO2P. The van der Waals surface area contributed by atoms with Crippen LogP contribution in [0.3, 0.4) is 0 Å². The molecule has 0 saturated carbocycles. The van der Waals surface area contributed by atoms with Gasteiger partial charge in [0.1, 0.15) is 0 Å². The van der Waals surface area contributed by atoms with E-state index in [-0.39, 0.29) is 0 Å². The molecule has 0 rings (SSSR count). The number of hydrogen-bond acceptors (Lipinski definition) is 2. The van der Waals surface area contributed by atoms with E-state index in [9.17, 15) is 4.79 Å². The molecule has 9 heavy (non-hydrogen) atoms. The normalized spacial score (nSPS) is 13.1. The fraction of sp³-hybridized carbons (Fsp3) is 0.800. The summed E-state index contributed by atoms with van der Waals surface area (Å²) in [6.45, 7) is 2.02. The van der Waals surface area contributed by atoms with Crippen molar-refractivity contribution in [3.05, 3.63) is 0 Å². The van der Waals surface area contributed by atoms with Crippen molar-refractivity contribution in [3.8, 4) is 0 Å². The Morgan fingerprint density at radius 3 is 2.67 bits per heavy atom. The van der Waals surface area contributed by atoms with Gasteiger partial charge in [-0.3, -0.25) is 0 Å². The van der Waals surface area contributed by atoms with Crippen LogP contribution in [0.5, 0.6) is 0 Å². The first-order valence-electron chi connectivity index (χ1n) is 2.93. The zero-order valence-corrected chi connectivity index (χ0v) is 6.40. The summed E-state index contributed by atoms with van der Waals surface area (Å²) in [6.07, 6.45) is 2.60. The van der Waals surface area contributed by atoms with Gasteiger partial charge in [-0.05, 0) is 12.6 Å². The quantitative estimate of drug-likeness (QED) is 0.599. The van der Waals surface area contributed by atoms with E-state index in [0.29, 0.717) is 6.16 Å². The van der Waals surface area contributed by atoms with Crippen molar-refractivity contribution in [3.63, 3.8) is 0 Å². The van der Waals surface area contributed by atoms with Crippen LogP contribution in [0.1, 0.15) is 19.8 Å². The van der Waals surface area contributed by atoms with Crippen LogP contribution in [0, 0.1) is 0 Å². The Morgan fingerprint density at radius 1 is 1.78 bits per heavy atom. The molecule has 0 fully saturated rings. The number of carboxylic acid groups (broad SMARTS) is 1. The molecule has 0 aromatic carbocycles. The summed E-state index contributed by atoms with van der Waals surface area (Å²) >= 11 is 0. The molecule has 0 saturated heterocycles. The van der Waals surface area contributed by atoms with Gasteiger partial charge in [-0.25, -0.2) is 4.79 Å². The third-order valence-electron chi connectivity index (χ3n) is 0.998. The molecule has 4 heteroatoms. The minimum Gasteiger partial charge on any atom is -0.477 e. The zero-order valence-electron chi connectivity index (χ0n) is 5.50. The largest absolute Gasteiger partial charge is 0.477 e. The third kappa shape index (κ3) is 4.37. The van der Waals surface area contributed by atoms with Crippen LogP contribution in [-0.2, 0) is 0 Å². The highest BCUT2D eigenvalue weighted by Gasteiger charge is 2.08. The summed E-state index contributed by atoms with van der Waals surface area (Å²) in [5.74, 6) is 0. The van der Waals surface area contributed by atoms with E-state index in [1.807, 2.05) is 6.92 Å². The minimum absolute atomic E-state index is 0.654. The SMILES string of the molecule is CCCCP(N)C(=O)O. The molecule has 0 radical (unpaired) electrons. The van der Waals surface area contributed by atoms with Gasteiger partial charge in [0.05, 0.1) is 8.07 Å². The van der Waals surface area contributed by atoms with Crippen molar-refractivity contribution < 1.29 is 9.90 Å². The number of rotatable bonds is 4. The molecule has 0 aliphatic heterocycles. The summed E-state index contributed by atoms with van der Waals surface area (Å²) in [7, 11) is -1.23. The van der Waals surface area contributed by atoms with Crippen molar-refractivity contribution in [2.45, 2.75) is 19.8 Å². The maximum atomic E-state index is 10.1. The zero-order chi connectivity index (χ0) is 7.28. The van der Waals surface area contributed by atoms with Crippen LogP contribution in [0.2, 0.25) is 0 Å². The van der Waals surface area contributed by atoms with E-state index in [2.05, 4.69) is 0 Å². The molecule has 1 unspecified atom stereocenters. The van der Waals surface area contributed by atoms with E-state index < -0.39 is 13.8 Å². The molecule has 0 spiro atoms. The molecule has 0 aromatic rings. The third-order valence-corrected chi connectivity index (χ3v) is 2.29. The Bertz CT molecular complexity index is 97.0. The lowest BCUT2D eigenvalue weighted by molar-refractivity contribution is 0.221. The first kappa shape index (κ1) is 8.86. The van der Waals surface area contributed by atoms with E-state index in [0.717, 1.165) is 12.8 Å². The highest BCUT2D eigenvalue weighted by atomic mass is 31.1. The molecule has 0 aliphatic carbocycles. The van der Waals surface area contributed by atoms with Gasteiger partial charge in [0, 0.05) is 0 Å². The smallest absolute Gasteiger partial charge is 0.338 e. The Labute approximate surface area is 56.1 Å². The topological polar surface area (TPSA) is 63.3 Å². The number of carbonyl (C=O) groups is 1. The molecular weight excluding hydrogens is 137 g/mol. The molecule has 0 amide bonds. The van der Waals surface area contributed by atoms with Gasteiger partial charge in [0.15, 0.2) is 0 Å². The molecule has 0 aromatic heterocycles. The predicted molar refractivity (Wildman–Crippen MR) is 38.9 cm³/mol. The van der Waals surface area contributed by atoms with Crippen LogP contribution in [0.4, 0.5) is 4.79 Å². The average Bonchev–Trinajstić information content (AvgIpc) is 1.82. The summed E-state index contributed by atoms with van der Waals surface area (Å²) in [5, 5.41) is 8.31. The average molecular weight is 149 g/mol. The lowest BCUT2D eigenvalue weighted by Crippen LogP contribution is -2.02. The molecule has 1 atom stereocenters. The van der Waals surface area contributed by atoms with E-state index in [4.69, 9.17) is 10.6 Å². The van der Waals surface area contributed by atoms with Crippen LogP contribution >= 0.6 is 8.07 Å². The van der Waals surface area contributed by atoms with Gasteiger partial charge in [-0.15, -0.1) is 0 Å². The summed E-state index contributed by atoms with van der Waals surface area (Å²) in [4.78, 5) is 10.1. The van der Waals surface area contributed by atoms with Crippen LogP contribution in [0.15, 0.2) is 0 Å². The van der Waals surface area contributed by atoms with Gasteiger partial charge in [0.25, 0.3) is 0 Å². The Morgan fingerprint density at radius 2 is 2.33 bits per heavy atom. The molecule has 0 heterocycles. The first-order chi connectivity index (χ1) is 4.18. The van der Waals surface area contributed by atoms with E-state index in [1.165, 1.54) is 0 Å². The molecule has 0 aliphatic rings. The van der Waals surface area contributed by atoms with Crippen molar-refractivity contribution in [2.24, 2.45) is 5.50 Å². The highest BCUT2D eigenvalue weighted by molar-refractivity contribution is 7.72. The standard InChI is InChI=1S/C5H12NO2P/c1-2-3-4-9(6)5(7)8/h2-4,6H2,1H3,(H,7,8). The van der Waals surface area contributed by atoms with Crippen molar-refractivity contribution in [1.82, 2.24) is 0 Å². The second-order valence-electron chi connectivity index (χ2n) is 1.83. The van der Waals surface area contributed by atoms with E-state index >= 15 is 0 Å². The molecule has 3 N–H and O–H groups in total. The summed E-state index contributed by atoms with van der Waals surface area (Å²) in [6, 6.07) is 0. The van der Waals surface area contributed by atoms with Crippen molar-refractivity contribution in [2.75, 3.05) is 6.16 Å². The first-order valence-corrected chi connectivity index (χ1v) is 4.53. The second kappa shape index (κ2) is 4.71. The lowest BCUT2D eigenvalue weighted by Gasteiger charge is -2.02. The van der Waals surface area contributed by atoms with Crippen molar-refractivity contribution >= 4 is 13.8 Å². The Kier molecular flexibility index (Phi) is 4.64. The Balaban J connectivity index is 3.27. The fourth-order valence-corrected chi connectivity index (χ4v) is 1.27. The number of unbranched alkanes of at least 4 members (excludes halogenated alkanes) is 1. The lowest BCUT2D eigenvalue weighted by atomic mass is 10.4. The second-order valence-corrected chi connectivity index (χ2v) is 3.60. The monoisotopic (exact) mass is 149 g/mol. The minimum atomic E-state index is -1.23.